The summed E-state index contributed by atoms with van der Waals surface area (Å²) >= 11 is 0. The van der Waals surface area contributed by atoms with Gasteiger partial charge in [-0.3, -0.25) is 9.59 Å². The largest absolute Gasteiger partial charge is 0.481 e. The van der Waals surface area contributed by atoms with Crippen LogP contribution in [0.4, 0.5) is 0 Å². The SMILES string of the molecule is CCC(N)CC(=O)N1C2CCC1CC(CC(=O)O)C2. The minimum atomic E-state index is -0.725. The number of hydrogen-bond acceptors (Lipinski definition) is 3. The summed E-state index contributed by atoms with van der Waals surface area (Å²) in [6, 6.07) is 0.447. The Kier molecular flexibility index (Phi) is 4.45. The first-order valence-corrected chi connectivity index (χ1v) is 7.29. The van der Waals surface area contributed by atoms with Gasteiger partial charge in [0.05, 0.1) is 0 Å². The van der Waals surface area contributed by atoms with Gasteiger partial charge in [-0.25, -0.2) is 0 Å². The minimum absolute atomic E-state index is 0.0522. The van der Waals surface area contributed by atoms with E-state index in [1.54, 1.807) is 0 Å². The molecular weight excluding hydrogens is 244 g/mol. The zero-order chi connectivity index (χ0) is 14.0. The highest BCUT2D eigenvalue weighted by Gasteiger charge is 2.43. The topological polar surface area (TPSA) is 83.6 Å². The number of hydrogen-bond donors (Lipinski definition) is 2. The van der Waals surface area contributed by atoms with E-state index in [0.29, 0.717) is 6.42 Å². The van der Waals surface area contributed by atoms with Crippen LogP contribution in [0.2, 0.25) is 0 Å². The van der Waals surface area contributed by atoms with Crippen molar-refractivity contribution in [3.63, 3.8) is 0 Å². The van der Waals surface area contributed by atoms with Crippen molar-refractivity contribution in [1.82, 2.24) is 4.90 Å². The van der Waals surface area contributed by atoms with Gasteiger partial charge in [-0.05, 0) is 38.0 Å². The molecule has 2 aliphatic heterocycles. The van der Waals surface area contributed by atoms with Crippen molar-refractivity contribution in [3.8, 4) is 0 Å². The molecule has 0 aromatic heterocycles. The number of fused-ring (bicyclic) bond motifs is 2. The molecule has 0 aromatic carbocycles. The zero-order valence-corrected chi connectivity index (χ0v) is 11.5. The van der Waals surface area contributed by atoms with E-state index in [-0.39, 0.29) is 36.4 Å². The first-order valence-electron chi connectivity index (χ1n) is 7.29. The van der Waals surface area contributed by atoms with E-state index >= 15 is 0 Å². The normalized spacial score (nSPS) is 31.3. The molecule has 2 fully saturated rings. The second-order valence-electron chi connectivity index (χ2n) is 5.99. The molecule has 2 heterocycles. The number of carboxylic acids is 1. The Morgan fingerprint density at radius 3 is 2.37 bits per heavy atom. The van der Waals surface area contributed by atoms with Crippen LogP contribution in [0.15, 0.2) is 0 Å². The summed E-state index contributed by atoms with van der Waals surface area (Å²) in [5.41, 5.74) is 5.86. The van der Waals surface area contributed by atoms with E-state index in [2.05, 4.69) is 0 Å². The number of carbonyl (C=O) groups excluding carboxylic acids is 1. The molecule has 0 aromatic rings. The molecule has 0 spiro atoms. The lowest BCUT2D eigenvalue weighted by Gasteiger charge is -2.39. The van der Waals surface area contributed by atoms with E-state index in [1.807, 2.05) is 11.8 Å². The number of carboxylic acid groups (broad SMARTS) is 1. The fourth-order valence-electron chi connectivity index (χ4n) is 3.58. The van der Waals surface area contributed by atoms with E-state index in [4.69, 9.17) is 10.8 Å². The fraction of sp³-hybridized carbons (Fsp3) is 0.857. The molecule has 2 rings (SSSR count). The smallest absolute Gasteiger partial charge is 0.303 e. The molecule has 3 unspecified atom stereocenters. The summed E-state index contributed by atoms with van der Waals surface area (Å²) in [7, 11) is 0. The van der Waals surface area contributed by atoms with Crippen LogP contribution in [-0.4, -0.2) is 40.0 Å². The van der Waals surface area contributed by atoms with Gasteiger partial charge in [0, 0.05) is 31.0 Å². The molecule has 3 N–H and O–H groups in total. The molecule has 5 heteroatoms. The fourth-order valence-corrected chi connectivity index (χ4v) is 3.58. The van der Waals surface area contributed by atoms with Crippen LogP contribution in [-0.2, 0) is 9.59 Å². The maximum Gasteiger partial charge on any atom is 0.303 e. The predicted molar refractivity (Wildman–Crippen MR) is 71.5 cm³/mol. The van der Waals surface area contributed by atoms with Crippen molar-refractivity contribution < 1.29 is 14.7 Å². The van der Waals surface area contributed by atoms with Gasteiger partial charge in [-0.2, -0.15) is 0 Å². The number of rotatable bonds is 5. The Bertz CT molecular complexity index is 345. The summed E-state index contributed by atoms with van der Waals surface area (Å²) in [4.78, 5) is 25.1. The summed E-state index contributed by atoms with van der Waals surface area (Å²) in [6.07, 6.45) is 5.21. The maximum absolute atomic E-state index is 12.3. The lowest BCUT2D eigenvalue weighted by atomic mass is 9.88. The molecular formula is C14H24N2O3. The predicted octanol–water partition coefficient (Wildman–Crippen LogP) is 1.36. The number of amides is 1. The lowest BCUT2D eigenvalue weighted by Crippen LogP contribution is -2.48. The average Bonchev–Trinajstić information content (AvgIpc) is 2.60. The van der Waals surface area contributed by atoms with E-state index < -0.39 is 5.97 Å². The molecule has 2 aliphatic rings. The average molecular weight is 268 g/mol. The number of nitrogens with two attached hydrogens (primary N) is 1. The van der Waals surface area contributed by atoms with Crippen molar-refractivity contribution in [2.45, 2.75) is 70.0 Å². The van der Waals surface area contributed by atoms with Crippen LogP contribution in [0.5, 0.6) is 0 Å². The Morgan fingerprint density at radius 2 is 1.89 bits per heavy atom. The highest BCUT2D eigenvalue weighted by atomic mass is 16.4. The Morgan fingerprint density at radius 1 is 1.32 bits per heavy atom. The maximum atomic E-state index is 12.3. The van der Waals surface area contributed by atoms with E-state index in [9.17, 15) is 9.59 Å². The van der Waals surface area contributed by atoms with Crippen LogP contribution in [0, 0.1) is 5.92 Å². The van der Waals surface area contributed by atoms with Crippen molar-refractivity contribution in [2.75, 3.05) is 0 Å². The van der Waals surface area contributed by atoms with Crippen LogP contribution in [0.1, 0.15) is 51.9 Å². The molecule has 0 saturated carbocycles. The van der Waals surface area contributed by atoms with Gasteiger partial charge in [0.2, 0.25) is 5.91 Å². The summed E-state index contributed by atoms with van der Waals surface area (Å²) in [6.45, 7) is 1.99. The molecule has 2 bridgehead atoms. The molecule has 0 radical (unpaired) electrons. The lowest BCUT2D eigenvalue weighted by molar-refractivity contribution is -0.140. The number of nitrogens with zero attached hydrogens (tertiary/aromatic N) is 1. The second-order valence-corrected chi connectivity index (χ2v) is 5.99. The van der Waals surface area contributed by atoms with Crippen LogP contribution in [0.25, 0.3) is 0 Å². The van der Waals surface area contributed by atoms with Gasteiger partial charge in [-0.1, -0.05) is 6.92 Å². The standard InChI is InChI=1S/C14H24N2O3/c1-2-10(15)8-13(17)16-11-3-4-12(16)6-9(5-11)7-14(18)19/h9-12H,2-8,15H2,1H3,(H,18,19). The second kappa shape index (κ2) is 5.90. The molecule has 5 nitrogen and oxygen atoms in total. The van der Waals surface area contributed by atoms with Crippen molar-refractivity contribution in [1.29, 1.82) is 0 Å². The van der Waals surface area contributed by atoms with Gasteiger partial charge in [0.25, 0.3) is 0 Å². The third-order valence-electron chi connectivity index (χ3n) is 4.54. The van der Waals surface area contributed by atoms with Crippen LogP contribution < -0.4 is 5.73 Å². The number of aliphatic carboxylic acids is 1. The third kappa shape index (κ3) is 3.26. The molecule has 19 heavy (non-hydrogen) atoms. The molecule has 2 saturated heterocycles. The Balaban J connectivity index is 1.95. The van der Waals surface area contributed by atoms with Crippen molar-refractivity contribution >= 4 is 11.9 Å². The first-order chi connectivity index (χ1) is 9.01. The number of piperidine rings is 1. The molecule has 1 amide bonds. The van der Waals surface area contributed by atoms with Gasteiger partial charge in [-0.15, -0.1) is 0 Å². The molecule has 0 aliphatic carbocycles. The summed E-state index contributed by atoms with van der Waals surface area (Å²) in [5.74, 6) is -0.327. The van der Waals surface area contributed by atoms with Crippen LogP contribution >= 0.6 is 0 Å². The summed E-state index contributed by atoms with van der Waals surface area (Å²) in [5, 5.41) is 8.89. The monoisotopic (exact) mass is 268 g/mol. The Hall–Kier alpha value is -1.10. The molecule has 3 atom stereocenters. The quantitative estimate of drug-likeness (QED) is 0.788. The van der Waals surface area contributed by atoms with Gasteiger partial charge in [0.1, 0.15) is 0 Å². The Labute approximate surface area is 114 Å². The highest BCUT2D eigenvalue weighted by Crippen LogP contribution is 2.40. The number of carbonyl (C=O) groups is 2. The van der Waals surface area contributed by atoms with Crippen LogP contribution in [0.3, 0.4) is 0 Å². The van der Waals surface area contributed by atoms with Gasteiger partial charge >= 0.3 is 5.97 Å². The van der Waals surface area contributed by atoms with Gasteiger partial charge < -0.3 is 15.7 Å². The summed E-state index contributed by atoms with van der Waals surface area (Å²) < 4.78 is 0. The van der Waals surface area contributed by atoms with E-state index in [0.717, 1.165) is 32.1 Å². The first kappa shape index (κ1) is 14.3. The van der Waals surface area contributed by atoms with E-state index in [1.165, 1.54) is 0 Å². The third-order valence-corrected chi connectivity index (χ3v) is 4.54. The minimum Gasteiger partial charge on any atom is -0.481 e. The van der Waals surface area contributed by atoms with Crippen molar-refractivity contribution in [2.24, 2.45) is 11.7 Å². The molecule has 108 valence electrons. The zero-order valence-electron chi connectivity index (χ0n) is 11.5. The van der Waals surface area contributed by atoms with Crippen molar-refractivity contribution in [3.05, 3.63) is 0 Å². The van der Waals surface area contributed by atoms with Gasteiger partial charge in [0.15, 0.2) is 0 Å². The highest BCUT2D eigenvalue weighted by molar-refractivity contribution is 5.78.